The minimum Gasteiger partial charge on any atom is -0.497 e. The number of benzene rings is 3. The Hall–Kier alpha value is -3.10. The van der Waals surface area contributed by atoms with Crippen molar-refractivity contribution in [3.63, 3.8) is 0 Å². The highest BCUT2D eigenvalue weighted by Crippen LogP contribution is 2.32. The molecule has 1 aromatic heterocycles. The summed E-state index contributed by atoms with van der Waals surface area (Å²) in [6, 6.07) is 18.8. The molecule has 6 nitrogen and oxygen atoms in total. The maximum Gasteiger partial charge on any atom is 0.262 e. The second-order valence-electron chi connectivity index (χ2n) is 6.69. The monoisotopic (exact) mass is 452 g/mol. The summed E-state index contributed by atoms with van der Waals surface area (Å²) in [7, 11) is 2.06. The molecule has 0 aliphatic rings. The SMILES string of the molecule is COc1cc(OC)c2c(=O)[nH]c(-c3cccc(Sc4ccc(S(C)=O)cc4)c3)nc2c1. The molecule has 1 heterocycles. The van der Waals surface area contributed by atoms with Crippen molar-refractivity contribution < 1.29 is 13.7 Å². The van der Waals surface area contributed by atoms with Crippen molar-refractivity contribution in [2.24, 2.45) is 0 Å². The summed E-state index contributed by atoms with van der Waals surface area (Å²) >= 11 is 1.58. The number of nitrogens with zero attached hydrogens (tertiary/aromatic N) is 1. The Morgan fingerprint density at radius 2 is 1.74 bits per heavy atom. The topological polar surface area (TPSA) is 81.3 Å². The van der Waals surface area contributed by atoms with E-state index in [0.29, 0.717) is 28.2 Å². The number of nitrogens with one attached hydrogen (secondary N) is 1. The van der Waals surface area contributed by atoms with Crippen molar-refractivity contribution >= 4 is 33.5 Å². The van der Waals surface area contributed by atoms with E-state index in [4.69, 9.17) is 9.47 Å². The van der Waals surface area contributed by atoms with Gasteiger partial charge in [-0.25, -0.2) is 4.98 Å². The van der Waals surface area contributed by atoms with Gasteiger partial charge in [-0.3, -0.25) is 9.00 Å². The van der Waals surface area contributed by atoms with Crippen LogP contribution in [-0.4, -0.2) is 34.7 Å². The van der Waals surface area contributed by atoms with Crippen LogP contribution in [0.25, 0.3) is 22.3 Å². The zero-order valence-corrected chi connectivity index (χ0v) is 18.8. The van der Waals surface area contributed by atoms with Gasteiger partial charge in [0.1, 0.15) is 22.7 Å². The Morgan fingerprint density at radius 1 is 0.968 bits per heavy atom. The van der Waals surface area contributed by atoms with Crippen LogP contribution in [0.1, 0.15) is 0 Å². The highest BCUT2D eigenvalue weighted by molar-refractivity contribution is 7.99. The number of aromatic nitrogens is 2. The first-order valence-electron chi connectivity index (χ1n) is 9.36. The van der Waals surface area contributed by atoms with Crippen LogP contribution in [0.15, 0.2) is 80.1 Å². The molecule has 3 aromatic carbocycles. The average molecular weight is 453 g/mol. The van der Waals surface area contributed by atoms with Gasteiger partial charge in [-0.2, -0.15) is 0 Å². The second kappa shape index (κ2) is 8.95. The smallest absolute Gasteiger partial charge is 0.262 e. The summed E-state index contributed by atoms with van der Waals surface area (Å²) in [5.41, 5.74) is 1.01. The molecule has 1 N–H and O–H groups in total. The number of hydrogen-bond acceptors (Lipinski definition) is 6. The lowest BCUT2D eigenvalue weighted by atomic mass is 10.1. The lowest BCUT2D eigenvalue weighted by Gasteiger charge is -2.10. The van der Waals surface area contributed by atoms with Gasteiger partial charge in [0.2, 0.25) is 0 Å². The van der Waals surface area contributed by atoms with E-state index in [0.717, 1.165) is 20.2 Å². The van der Waals surface area contributed by atoms with Crippen molar-refractivity contribution in [1.29, 1.82) is 0 Å². The minimum absolute atomic E-state index is 0.277. The molecule has 0 spiro atoms. The van der Waals surface area contributed by atoms with Crippen molar-refractivity contribution in [3.8, 4) is 22.9 Å². The first kappa shape index (κ1) is 21.1. The molecule has 0 aliphatic heterocycles. The largest absolute Gasteiger partial charge is 0.497 e. The van der Waals surface area contributed by atoms with E-state index in [1.54, 1.807) is 37.3 Å². The first-order chi connectivity index (χ1) is 15.0. The molecule has 0 bridgehead atoms. The Kier molecular flexibility index (Phi) is 6.11. The van der Waals surface area contributed by atoms with Crippen molar-refractivity contribution in [2.75, 3.05) is 20.5 Å². The predicted molar refractivity (Wildman–Crippen MR) is 124 cm³/mol. The van der Waals surface area contributed by atoms with Crippen molar-refractivity contribution in [1.82, 2.24) is 9.97 Å². The number of methoxy groups -OCH3 is 2. The molecule has 158 valence electrons. The maximum atomic E-state index is 12.8. The van der Waals surface area contributed by atoms with E-state index in [1.165, 1.54) is 7.11 Å². The van der Waals surface area contributed by atoms with Gasteiger partial charge in [-0.15, -0.1) is 0 Å². The third kappa shape index (κ3) is 4.50. The van der Waals surface area contributed by atoms with Crippen molar-refractivity contribution in [3.05, 3.63) is 71.0 Å². The van der Waals surface area contributed by atoms with Gasteiger partial charge < -0.3 is 14.5 Å². The normalized spacial score (nSPS) is 12.0. The lowest BCUT2D eigenvalue weighted by Crippen LogP contribution is -2.11. The summed E-state index contributed by atoms with van der Waals surface area (Å²) in [5, 5.41) is 0.381. The molecule has 8 heteroatoms. The number of fused-ring (bicyclic) bond motifs is 1. The molecular formula is C23H20N2O4S2. The number of hydrogen-bond donors (Lipinski definition) is 1. The molecule has 0 amide bonds. The highest BCUT2D eigenvalue weighted by atomic mass is 32.2. The maximum absolute atomic E-state index is 12.8. The Balaban J connectivity index is 1.71. The van der Waals surface area contributed by atoms with E-state index >= 15 is 0 Å². The number of rotatable bonds is 6. The van der Waals surface area contributed by atoms with Gasteiger partial charge in [0.05, 0.1) is 19.7 Å². The zero-order valence-electron chi connectivity index (χ0n) is 17.2. The molecule has 1 atom stereocenters. The van der Waals surface area contributed by atoms with E-state index in [9.17, 15) is 9.00 Å². The third-order valence-electron chi connectivity index (χ3n) is 4.70. The predicted octanol–water partition coefficient (Wildman–Crippen LogP) is 4.50. The fourth-order valence-electron chi connectivity index (χ4n) is 3.17. The Bertz CT molecular complexity index is 1330. The van der Waals surface area contributed by atoms with Gasteiger partial charge in [0, 0.05) is 49.4 Å². The quantitative estimate of drug-likeness (QED) is 0.464. The molecule has 0 aliphatic carbocycles. The number of ether oxygens (including phenoxy) is 2. The van der Waals surface area contributed by atoms with Crippen LogP contribution in [0.5, 0.6) is 11.5 Å². The van der Waals surface area contributed by atoms with Gasteiger partial charge in [-0.1, -0.05) is 23.9 Å². The second-order valence-corrected chi connectivity index (χ2v) is 9.22. The molecule has 0 saturated heterocycles. The van der Waals surface area contributed by atoms with Crippen LogP contribution < -0.4 is 15.0 Å². The average Bonchev–Trinajstić information content (AvgIpc) is 2.78. The third-order valence-corrected chi connectivity index (χ3v) is 6.63. The molecule has 4 rings (SSSR count). The van der Waals surface area contributed by atoms with E-state index in [2.05, 4.69) is 9.97 Å². The summed E-state index contributed by atoms with van der Waals surface area (Å²) in [4.78, 5) is 23.1. The first-order valence-corrected chi connectivity index (χ1v) is 11.7. The Morgan fingerprint density at radius 3 is 2.42 bits per heavy atom. The fourth-order valence-corrected chi connectivity index (χ4v) is 4.57. The van der Waals surface area contributed by atoms with Gasteiger partial charge in [0.15, 0.2) is 0 Å². The van der Waals surface area contributed by atoms with Gasteiger partial charge >= 0.3 is 0 Å². The van der Waals surface area contributed by atoms with E-state index in [-0.39, 0.29) is 5.56 Å². The molecule has 4 aromatic rings. The molecule has 1 unspecified atom stereocenters. The van der Waals surface area contributed by atoms with Crippen LogP contribution in [0, 0.1) is 0 Å². The highest BCUT2D eigenvalue weighted by Gasteiger charge is 2.13. The van der Waals surface area contributed by atoms with Gasteiger partial charge in [-0.05, 0) is 36.4 Å². The molecular weight excluding hydrogens is 432 g/mol. The fraction of sp³-hybridized carbons (Fsp3) is 0.130. The van der Waals surface area contributed by atoms with Crippen LogP contribution in [0.4, 0.5) is 0 Å². The standard InChI is InChI=1S/C23H20N2O4S2/c1-28-15-12-19-21(20(13-15)29-2)23(26)25-22(24-19)14-5-4-6-17(11-14)30-16-7-9-18(10-8-16)31(3)27/h4-13H,1-3H3,(H,24,25,26). The van der Waals surface area contributed by atoms with E-state index in [1.807, 2.05) is 48.5 Å². The number of H-pyrrole nitrogens is 1. The van der Waals surface area contributed by atoms with Crippen LogP contribution >= 0.6 is 11.8 Å². The summed E-state index contributed by atoms with van der Waals surface area (Å²) in [6.07, 6.45) is 1.66. The lowest BCUT2D eigenvalue weighted by molar-refractivity contribution is 0.397. The Labute approximate surface area is 186 Å². The molecule has 0 radical (unpaired) electrons. The van der Waals surface area contributed by atoms with Crippen LogP contribution in [0.2, 0.25) is 0 Å². The number of aromatic amines is 1. The van der Waals surface area contributed by atoms with Gasteiger partial charge in [0.25, 0.3) is 5.56 Å². The summed E-state index contributed by atoms with van der Waals surface area (Å²) in [5.74, 6) is 1.44. The molecule has 31 heavy (non-hydrogen) atoms. The minimum atomic E-state index is -1.00. The summed E-state index contributed by atoms with van der Waals surface area (Å²) in [6.45, 7) is 0. The van der Waals surface area contributed by atoms with Crippen LogP contribution in [-0.2, 0) is 10.8 Å². The molecule has 0 saturated carbocycles. The van der Waals surface area contributed by atoms with E-state index < -0.39 is 10.8 Å². The van der Waals surface area contributed by atoms with Crippen LogP contribution in [0.3, 0.4) is 0 Å². The van der Waals surface area contributed by atoms with Crippen molar-refractivity contribution in [2.45, 2.75) is 14.7 Å². The molecule has 0 fully saturated rings. The zero-order chi connectivity index (χ0) is 22.0. The summed E-state index contributed by atoms with van der Waals surface area (Å²) < 4.78 is 22.2.